The van der Waals surface area contributed by atoms with Crippen molar-refractivity contribution < 1.29 is 14.3 Å². The van der Waals surface area contributed by atoms with E-state index in [4.69, 9.17) is 27.6 Å². The molecule has 1 heterocycles. The number of aliphatic hydroxyl groups excluding tert-OH is 1. The van der Waals surface area contributed by atoms with Gasteiger partial charge in [-0.25, -0.2) is 0 Å². The Labute approximate surface area is 178 Å². The topological polar surface area (TPSA) is 88.2 Å². The van der Waals surface area contributed by atoms with Gasteiger partial charge < -0.3 is 14.8 Å². The number of hydrogen-bond donors (Lipinski definition) is 2. The summed E-state index contributed by atoms with van der Waals surface area (Å²) in [5.74, 6) is 0.693. The van der Waals surface area contributed by atoms with Crippen LogP contribution in [0.4, 0.5) is 0 Å². The number of aliphatic hydroxyl groups is 1. The number of nitrogens with zero attached hydrogens (tertiary/aromatic N) is 2. The molecule has 8 heteroatoms. The van der Waals surface area contributed by atoms with Gasteiger partial charge in [0.1, 0.15) is 0 Å². The lowest BCUT2D eigenvalue weighted by Gasteiger charge is -2.12. The molecule has 6 nitrogen and oxygen atoms in total. The molecular weight excluding hydrogens is 413 g/mol. The maximum atomic E-state index is 12.0. The average Bonchev–Trinajstić information content (AvgIpc) is 3.18. The third-order valence-electron chi connectivity index (χ3n) is 4.40. The molecule has 0 saturated carbocycles. The molecule has 3 aromatic rings. The zero-order valence-corrected chi connectivity index (χ0v) is 17.4. The van der Waals surface area contributed by atoms with E-state index in [-0.39, 0.29) is 12.3 Å². The number of benzene rings is 2. The summed E-state index contributed by atoms with van der Waals surface area (Å²) < 4.78 is 5.62. The molecule has 0 aliphatic heterocycles. The summed E-state index contributed by atoms with van der Waals surface area (Å²) in [6, 6.07) is 12.7. The van der Waals surface area contributed by atoms with E-state index in [9.17, 15) is 9.90 Å². The summed E-state index contributed by atoms with van der Waals surface area (Å²) >= 11 is 11.8. The van der Waals surface area contributed by atoms with Crippen LogP contribution in [0.3, 0.4) is 0 Å². The van der Waals surface area contributed by atoms with Crippen molar-refractivity contribution in [2.45, 2.75) is 32.3 Å². The van der Waals surface area contributed by atoms with Gasteiger partial charge >= 0.3 is 0 Å². The van der Waals surface area contributed by atoms with E-state index in [1.54, 1.807) is 18.2 Å². The lowest BCUT2D eigenvalue weighted by atomic mass is 10.1. The fourth-order valence-corrected chi connectivity index (χ4v) is 3.02. The molecule has 1 atom stereocenters. The van der Waals surface area contributed by atoms with Gasteiger partial charge in [-0.15, -0.1) is 10.2 Å². The van der Waals surface area contributed by atoms with Crippen LogP contribution in [0, 0.1) is 6.92 Å². The number of aromatic nitrogens is 2. The van der Waals surface area contributed by atoms with Crippen LogP contribution in [0.15, 0.2) is 46.9 Å². The van der Waals surface area contributed by atoms with E-state index in [1.807, 2.05) is 31.2 Å². The fraction of sp³-hybridized carbons (Fsp3) is 0.286. The molecule has 2 N–H and O–H groups in total. The van der Waals surface area contributed by atoms with Crippen molar-refractivity contribution in [1.29, 1.82) is 0 Å². The first kappa shape index (κ1) is 21.3. The Hall–Kier alpha value is -2.41. The molecular formula is C21H21Cl2N3O3. The van der Waals surface area contributed by atoms with Crippen molar-refractivity contribution in [3.63, 3.8) is 0 Å². The molecule has 2 aromatic carbocycles. The summed E-state index contributed by atoms with van der Waals surface area (Å²) in [7, 11) is 0. The van der Waals surface area contributed by atoms with Crippen molar-refractivity contribution >= 4 is 29.1 Å². The lowest BCUT2D eigenvalue weighted by Crippen LogP contribution is -2.25. The van der Waals surface area contributed by atoms with E-state index in [2.05, 4.69) is 15.5 Å². The number of nitrogens with one attached hydrogen (secondary N) is 1. The molecule has 0 fully saturated rings. The molecule has 152 valence electrons. The summed E-state index contributed by atoms with van der Waals surface area (Å²) in [6.07, 6.45) is 0.193. The third kappa shape index (κ3) is 6.03. The van der Waals surface area contributed by atoms with Crippen LogP contribution >= 0.6 is 23.2 Å². The van der Waals surface area contributed by atoms with Gasteiger partial charge in [-0.1, -0.05) is 47.0 Å². The number of carbonyl (C=O) groups excluding carboxylic acids is 1. The lowest BCUT2D eigenvalue weighted by molar-refractivity contribution is -0.121. The van der Waals surface area contributed by atoms with Crippen LogP contribution in [0.2, 0.25) is 10.0 Å². The van der Waals surface area contributed by atoms with Crippen LogP contribution in [0.25, 0.3) is 11.5 Å². The highest BCUT2D eigenvalue weighted by Gasteiger charge is 2.12. The molecule has 0 unspecified atom stereocenters. The normalized spacial score (nSPS) is 12.0. The number of hydrogen-bond acceptors (Lipinski definition) is 5. The summed E-state index contributed by atoms with van der Waals surface area (Å²) in [5.41, 5.74) is 2.65. The van der Waals surface area contributed by atoms with Crippen LogP contribution in [0.5, 0.6) is 0 Å². The van der Waals surface area contributed by atoms with E-state index in [0.29, 0.717) is 46.8 Å². The van der Waals surface area contributed by atoms with Crippen molar-refractivity contribution in [2.24, 2.45) is 0 Å². The quantitative estimate of drug-likeness (QED) is 0.544. The second-order valence-corrected chi connectivity index (χ2v) is 7.51. The Bertz CT molecular complexity index is 974. The van der Waals surface area contributed by atoms with Crippen LogP contribution in [0.1, 0.15) is 36.0 Å². The summed E-state index contributed by atoms with van der Waals surface area (Å²) in [6.45, 7) is 2.34. The zero-order valence-electron chi connectivity index (χ0n) is 15.9. The molecule has 3 rings (SSSR count). The summed E-state index contributed by atoms with van der Waals surface area (Å²) in [4.78, 5) is 12.0. The van der Waals surface area contributed by atoms with Gasteiger partial charge in [0, 0.05) is 24.9 Å². The Morgan fingerprint density at radius 1 is 1.14 bits per heavy atom. The van der Waals surface area contributed by atoms with Gasteiger partial charge in [0.25, 0.3) is 0 Å². The van der Waals surface area contributed by atoms with Gasteiger partial charge in [0.15, 0.2) is 0 Å². The predicted molar refractivity (Wildman–Crippen MR) is 112 cm³/mol. The first-order valence-corrected chi connectivity index (χ1v) is 9.97. The second-order valence-electron chi connectivity index (χ2n) is 6.69. The molecule has 0 aliphatic carbocycles. The molecule has 0 aliphatic rings. The standard InChI is InChI=1S/C21H21Cl2N3O3/c1-13-2-4-14(5-3-13)21-26-25-20(29-21)9-8-19(28)24-11-10-18(27)15-6-7-16(22)17(23)12-15/h2-7,12,18,27H,8-11H2,1H3,(H,24,28)/t18-/m1/s1. The van der Waals surface area contributed by atoms with E-state index in [1.165, 1.54) is 0 Å². The minimum atomic E-state index is -0.738. The molecule has 29 heavy (non-hydrogen) atoms. The maximum absolute atomic E-state index is 12.0. The highest BCUT2D eigenvalue weighted by atomic mass is 35.5. The van der Waals surface area contributed by atoms with Crippen molar-refractivity contribution in [1.82, 2.24) is 15.5 Å². The van der Waals surface area contributed by atoms with Crippen LogP contribution in [-0.2, 0) is 11.2 Å². The molecule has 0 saturated heterocycles. The predicted octanol–water partition coefficient (Wildman–Crippen LogP) is 4.52. The monoisotopic (exact) mass is 433 g/mol. The zero-order chi connectivity index (χ0) is 20.8. The van der Waals surface area contributed by atoms with E-state index in [0.717, 1.165) is 11.1 Å². The third-order valence-corrected chi connectivity index (χ3v) is 5.14. The smallest absolute Gasteiger partial charge is 0.247 e. The van der Waals surface area contributed by atoms with E-state index < -0.39 is 6.10 Å². The summed E-state index contributed by atoms with van der Waals surface area (Å²) in [5, 5.41) is 21.8. The van der Waals surface area contributed by atoms with Gasteiger partial charge in [0.05, 0.1) is 16.1 Å². The largest absolute Gasteiger partial charge is 0.421 e. The Morgan fingerprint density at radius 2 is 1.90 bits per heavy atom. The van der Waals surface area contributed by atoms with Crippen molar-refractivity contribution in [3.8, 4) is 11.5 Å². The Kier molecular flexibility index (Phi) is 7.25. The molecule has 1 amide bonds. The first-order valence-electron chi connectivity index (χ1n) is 9.21. The first-order chi connectivity index (χ1) is 13.9. The number of amides is 1. The van der Waals surface area contributed by atoms with Crippen molar-refractivity contribution in [2.75, 3.05) is 6.54 Å². The molecule has 0 bridgehead atoms. The second kappa shape index (κ2) is 9.87. The molecule has 0 spiro atoms. The minimum Gasteiger partial charge on any atom is -0.421 e. The van der Waals surface area contributed by atoms with Gasteiger partial charge in [-0.2, -0.15) is 0 Å². The highest BCUT2D eigenvalue weighted by molar-refractivity contribution is 6.42. The van der Waals surface area contributed by atoms with E-state index >= 15 is 0 Å². The number of carbonyl (C=O) groups is 1. The van der Waals surface area contributed by atoms with Crippen LogP contribution in [-0.4, -0.2) is 27.8 Å². The molecule has 0 radical (unpaired) electrons. The number of halogens is 2. The van der Waals surface area contributed by atoms with Gasteiger partial charge in [-0.3, -0.25) is 4.79 Å². The number of rotatable bonds is 8. The average molecular weight is 434 g/mol. The minimum absolute atomic E-state index is 0.151. The Morgan fingerprint density at radius 3 is 2.62 bits per heavy atom. The fourth-order valence-electron chi connectivity index (χ4n) is 2.71. The highest BCUT2D eigenvalue weighted by Crippen LogP contribution is 2.26. The van der Waals surface area contributed by atoms with Crippen LogP contribution < -0.4 is 5.32 Å². The Balaban J connectivity index is 1.42. The van der Waals surface area contributed by atoms with Gasteiger partial charge in [-0.05, 0) is 43.2 Å². The maximum Gasteiger partial charge on any atom is 0.247 e. The number of aryl methyl sites for hydroxylation is 2. The van der Waals surface area contributed by atoms with Gasteiger partial charge in [0.2, 0.25) is 17.7 Å². The molecule has 1 aromatic heterocycles. The van der Waals surface area contributed by atoms with Crippen molar-refractivity contribution in [3.05, 3.63) is 69.5 Å². The SMILES string of the molecule is Cc1ccc(-c2nnc(CCC(=O)NCC[C@@H](O)c3ccc(Cl)c(Cl)c3)o2)cc1.